The largest absolute Gasteiger partial charge is 0.478 e. The summed E-state index contributed by atoms with van der Waals surface area (Å²) in [6.45, 7) is 2.08. The Morgan fingerprint density at radius 3 is 2.47 bits per heavy atom. The summed E-state index contributed by atoms with van der Waals surface area (Å²) in [5, 5.41) is 2.67. The molecule has 0 spiro atoms. The number of ether oxygens (including phenoxy) is 1. The van der Waals surface area contributed by atoms with Crippen LogP contribution in [0.25, 0.3) is 0 Å². The van der Waals surface area contributed by atoms with Crippen molar-refractivity contribution in [1.29, 1.82) is 0 Å². The van der Waals surface area contributed by atoms with E-state index in [-0.39, 0.29) is 48.2 Å². The van der Waals surface area contributed by atoms with Crippen LogP contribution in [-0.4, -0.2) is 61.7 Å². The van der Waals surface area contributed by atoms with Gasteiger partial charge < -0.3 is 15.0 Å². The first-order valence-electron chi connectivity index (χ1n) is 10.1. The average molecular weight is 465 g/mol. The third-order valence-electron chi connectivity index (χ3n) is 5.47. The van der Waals surface area contributed by atoms with Gasteiger partial charge in [0.25, 0.3) is 11.8 Å². The second-order valence-corrected chi connectivity index (χ2v) is 9.43. The number of piperazine rings is 1. The van der Waals surface area contributed by atoms with Crippen LogP contribution in [0.3, 0.4) is 0 Å². The van der Waals surface area contributed by atoms with Crippen LogP contribution < -0.4 is 10.1 Å². The number of carbonyl (C=O) groups excluding carboxylic acids is 2. The van der Waals surface area contributed by atoms with Crippen molar-refractivity contribution in [1.82, 2.24) is 9.21 Å². The number of carbonyl (C=O) groups is 2. The number of sulfonamides is 1. The molecule has 2 aromatic rings. The molecule has 0 aromatic heterocycles. The van der Waals surface area contributed by atoms with Gasteiger partial charge in [-0.1, -0.05) is 6.92 Å². The van der Waals surface area contributed by atoms with E-state index in [1.54, 1.807) is 0 Å². The van der Waals surface area contributed by atoms with Crippen molar-refractivity contribution in [2.75, 3.05) is 31.5 Å². The quantitative estimate of drug-likeness (QED) is 0.747. The number of amides is 2. The van der Waals surface area contributed by atoms with E-state index in [4.69, 9.17) is 4.74 Å². The number of hydrogen-bond donors (Lipinski definition) is 1. The molecule has 1 atom stereocenters. The number of rotatable bonds is 4. The lowest BCUT2D eigenvalue weighted by Gasteiger charge is -2.34. The molecular formula is C21H21F2N3O5S. The lowest BCUT2D eigenvalue weighted by Crippen LogP contribution is -2.50. The number of anilines is 1. The molecule has 0 saturated carbocycles. The zero-order chi connectivity index (χ0) is 23.0. The van der Waals surface area contributed by atoms with Gasteiger partial charge in [0, 0.05) is 31.7 Å². The molecule has 2 heterocycles. The second kappa shape index (κ2) is 8.47. The maximum absolute atomic E-state index is 13.4. The summed E-state index contributed by atoms with van der Waals surface area (Å²) in [4.78, 5) is 26.0. The maximum Gasteiger partial charge on any atom is 0.265 e. The molecule has 8 nitrogen and oxygen atoms in total. The Morgan fingerprint density at radius 2 is 1.81 bits per heavy atom. The average Bonchev–Trinajstić information content (AvgIpc) is 2.79. The molecule has 0 radical (unpaired) electrons. The SMILES string of the molecule is CC[C@H]1Oc2ccc(S(=O)(=O)N3CCN(C(=O)c4ccc(F)c(F)c4)CC3)cc2NC1=O. The summed E-state index contributed by atoms with van der Waals surface area (Å²) in [7, 11) is -3.88. The summed E-state index contributed by atoms with van der Waals surface area (Å²) in [5.41, 5.74) is 0.281. The molecule has 170 valence electrons. The third-order valence-corrected chi connectivity index (χ3v) is 7.37. The molecule has 2 aromatic carbocycles. The van der Waals surface area contributed by atoms with Crippen LogP contribution in [0.4, 0.5) is 14.5 Å². The Morgan fingerprint density at radius 1 is 1.09 bits per heavy atom. The van der Waals surface area contributed by atoms with Crippen molar-refractivity contribution in [2.45, 2.75) is 24.3 Å². The van der Waals surface area contributed by atoms with E-state index in [2.05, 4.69) is 5.32 Å². The number of halogens is 2. The van der Waals surface area contributed by atoms with E-state index >= 15 is 0 Å². The van der Waals surface area contributed by atoms with Gasteiger partial charge >= 0.3 is 0 Å². The lowest BCUT2D eigenvalue weighted by molar-refractivity contribution is -0.123. The van der Waals surface area contributed by atoms with Gasteiger partial charge in [-0.25, -0.2) is 17.2 Å². The maximum atomic E-state index is 13.4. The van der Waals surface area contributed by atoms with Gasteiger partial charge in [-0.15, -0.1) is 0 Å². The van der Waals surface area contributed by atoms with Crippen molar-refractivity contribution in [3.05, 3.63) is 53.6 Å². The van der Waals surface area contributed by atoms with Crippen LogP contribution in [0, 0.1) is 11.6 Å². The molecule has 0 bridgehead atoms. The standard InChI is InChI=1S/C21H21F2N3O5S/c1-2-18-20(27)24-17-12-14(4-6-19(17)31-18)32(29,30)26-9-7-25(8-10-26)21(28)13-3-5-15(22)16(23)11-13/h3-6,11-12,18H,2,7-10H2,1H3,(H,24,27)/t18-/m1/s1. The minimum Gasteiger partial charge on any atom is -0.478 e. The highest BCUT2D eigenvalue weighted by atomic mass is 32.2. The van der Waals surface area contributed by atoms with Crippen LogP contribution in [-0.2, 0) is 14.8 Å². The van der Waals surface area contributed by atoms with Gasteiger partial charge in [0.2, 0.25) is 10.0 Å². The Kier molecular flexibility index (Phi) is 5.87. The second-order valence-electron chi connectivity index (χ2n) is 7.49. The first kappa shape index (κ1) is 22.2. The molecule has 11 heteroatoms. The van der Waals surface area contributed by atoms with Crippen LogP contribution >= 0.6 is 0 Å². The number of hydrogen-bond acceptors (Lipinski definition) is 5. The van der Waals surface area contributed by atoms with E-state index < -0.39 is 33.7 Å². The molecule has 2 aliphatic heterocycles. The summed E-state index contributed by atoms with van der Waals surface area (Å²) < 4.78 is 59.5. The van der Waals surface area contributed by atoms with Gasteiger partial charge in [0.05, 0.1) is 10.6 Å². The van der Waals surface area contributed by atoms with Crippen molar-refractivity contribution >= 4 is 27.5 Å². The predicted octanol–water partition coefficient (Wildman–Crippen LogP) is 2.22. The smallest absolute Gasteiger partial charge is 0.265 e. The molecular weight excluding hydrogens is 444 g/mol. The fourth-order valence-corrected chi connectivity index (χ4v) is 5.10. The van der Waals surface area contributed by atoms with E-state index in [1.807, 2.05) is 6.92 Å². The molecule has 4 rings (SSSR count). The van der Waals surface area contributed by atoms with Crippen molar-refractivity contribution < 1.29 is 31.5 Å². The van der Waals surface area contributed by atoms with Crippen LogP contribution in [0.5, 0.6) is 5.75 Å². The Bertz CT molecular complexity index is 1180. The molecule has 1 N–H and O–H groups in total. The molecule has 0 aliphatic carbocycles. The van der Waals surface area contributed by atoms with Crippen molar-refractivity contribution in [3.63, 3.8) is 0 Å². The van der Waals surface area contributed by atoms with Gasteiger partial charge in [0.1, 0.15) is 5.75 Å². The Balaban J connectivity index is 1.46. The van der Waals surface area contributed by atoms with E-state index in [0.717, 1.165) is 12.1 Å². The third kappa shape index (κ3) is 4.05. The van der Waals surface area contributed by atoms with Gasteiger partial charge in [0.15, 0.2) is 17.7 Å². The predicted molar refractivity (Wildman–Crippen MR) is 111 cm³/mol. The fraction of sp³-hybridized carbons (Fsp3) is 0.333. The lowest BCUT2D eigenvalue weighted by atomic mass is 10.1. The summed E-state index contributed by atoms with van der Waals surface area (Å²) >= 11 is 0. The highest BCUT2D eigenvalue weighted by Gasteiger charge is 2.33. The zero-order valence-electron chi connectivity index (χ0n) is 17.2. The van der Waals surface area contributed by atoms with Gasteiger partial charge in [-0.2, -0.15) is 4.31 Å². The normalized spacial score (nSPS) is 19.2. The van der Waals surface area contributed by atoms with E-state index in [1.165, 1.54) is 33.5 Å². The molecule has 1 saturated heterocycles. The van der Waals surface area contributed by atoms with Crippen LogP contribution in [0.1, 0.15) is 23.7 Å². The highest BCUT2D eigenvalue weighted by molar-refractivity contribution is 7.89. The minimum absolute atomic E-state index is 0.00369. The number of nitrogens with zero attached hydrogens (tertiary/aromatic N) is 2. The minimum atomic E-state index is -3.88. The van der Waals surface area contributed by atoms with Crippen molar-refractivity contribution in [2.24, 2.45) is 0 Å². The molecule has 0 unspecified atom stereocenters. The number of nitrogens with one attached hydrogen (secondary N) is 1. The summed E-state index contributed by atoms with van der Waals surface area (Å²) in [5.74, 6) is -2.60. The summed E-state index contributed by atoms with van der Waals surface area (Å²) in [6.07, 6.45) is -0.135. The summed E-state index contributed by atoms with van der Waals surface area (Å²) in [6, 6.07) is 7.17. The Labute approximate surface area is 183 Å². The number of benzene rings is 2. The van der Waals surface area contributed by atoms with E-state index in [9.17, 15) is 26.8 Å². The van der Waals surface area contributed by atoms with Gasteiger partial charge in [-0.05, 0) is 42.8 Å². The topological polar surface area (TPSA) is 96.0 Å². The first-order chi connectivity index (χ1) is 15.2. The number of fused-ring (bicyclic) bond motifs is 1. The molecule has 1 fully saturated rings. The highest BCUT2D eigenvalue weighted by Crippen LogP contribution is 2.33. The molecule has 2 amide bonds. The van der Waals surface area contributed by atoms with Crippen molar-refractivity contribution in [3.8, 4) is 5.75 Å². The first-order valence-corrected chi connectivity index (χ1v) is 11.5. The fourth-order valence-electron chi connectivity index (χ4n) is 3.65. The van der Waals surface area contributed by atoms with Crippen LogP contribution in [0.15, 0.2) is 41.3 Å². The zero-order valence-corrected chi connectivity index (χ0v) is 18.0. The Hall–Kier alpha value is -3.05. The van der Waals surface area contributed by atoms with Crippen LogP contribution in [0.2, 0.25) is 0 Å². The van der Waals surface area contributed by atoms with Gasteiger partial charge in [-0.3, -0.25) is 9.59 Å². The molecule has 2 aliphatic rings. The van der Waals surface area contributed by atoms with E-state index in [0.29, 0.717) is 12.2 Å². The monoisotopic (exact) mass is 465 g/mol. The molecule has 32 heavy (non-hydrogen) atoms.